The van der Waals surface area contributed by atoms with E-state index in [1.54, 1.807) is 6.08 Å². The van der Waals surface area contributed by atoms with Gasteiger partial charge in [0, 0.05) is 36.5 Å². The number of carbonyl (C=O) groups excluding carboxylic acids is 1. The number of hydrogen-bond donors (Lipinski definition) is 2. The number of fused-ring (bicyclic) bond motifs is 1. The highest BCUT2D eigenvalue weighted by atomic mass is 16.2. The van der Waals surface area contributed by atoms with Crippen molar-refractivity contribution >= 4 is 22.6 Å². The van der Waals surface area contributed by atoms with Gasteiger partial charge in [-0.3, -0.25) is 0 Å². The molecule has 0 aliphatic heterocycles. The minimum atomic E-state index is -0.157. The molecule has 1 fully saturated rings. The quantitative estimate of drug-likeness (QED) is 0.332. The summed E-state index contributed by atoms with van der Waals surface area (Å²) in [5, 5.41) is 7.20. The highest BCUT2D eigenvalue weighted by Gasteiger charge is 2.32. The molecule has 1 saturated carbocycles. The van der Waals surface area contributed by atoms with Crippen molar-refractivity contribution in [2.24, 2.45) is 7.05 Å². The molecule has 1 aliphatic carbocycles. The molecule has 0 radical (unpaired) electrons. The van der Waals surface area contributed by atoms with Gasteiger partial charge in [0.2, 0.25) is 0 Å². The van der Waals surface area contributed by atoms with E-state index in [4.69, 9.17) is 0 Å². The molecule has 0 unspecified atom stereocenters. The lowest BCUT2D eigenvalue weighted by Gasteiger charge is -2.37. The van der Waals surface area contributed by atoms with E-state index < -0.39 is 0 Å². The summed E-state index contributed by atoms with van der Waals surface area (Å²) in [5.74, 6) is 0. The molecule has 2 N–H and O–H groups in total. The van der Waals surface area contributed by atoms with Crippen molar-refractivity contribution in [3.8, 4) is 11.3 Å². The van der Waals surface area contributed by atoms with Crippen LogP contribution in [-0.2, 0) is 7.05 Å². The van der Waals surface area contributed by atoms with Crippen LogP contribution in [0.5, 0.6) is 0 Å². The van der Waals surface area contributed by atoms with Crippen LogP contribution in [-0.4, -0.2) is 26.2 Å². The van der Waals surface area contributed by atoms with Gasteiger partial charge in [-0.2, -0.15) is 0 Å². The highest BCUT2D eigenvalue weighted by Crippen LogP contribution is 2.35. The molecule has 1 aliphatic rings. The molecule has 4 aromatic rings. The van der Waals surface area contributed by atoms with E-state index in [9.17, 15) is 4.79 Å². The van der Waals surface area contributed by atoms with Crippen molar-refractivity contribution in [2.45, 2.75) is 45.7 Å². The fourth-order valence-electron chi connectivity index (χ4n) is 4.05. The molecule has 34 heavy (non-hydrogen) atoms. The molecule has 6 heteroatoms. The number of amides is 2. The second-order valence-electron chi connectivity index (χ2n) is 8.08. The Hall–Kier alpha value is -3.80. The Morgan fingerprint density at radius 3 is 2.53 bits per heavy atom. The maximum Gasteiger partial charge on any atom is 0.319 e. The molecule has 0 bridgehead atoms. The van der Waals surface area contributed by atoms with Gasteiger partial charge >= 0.3 is 6.03 Å². The first-order chi connectivity index (χ1) is 16.6. The first-order valence-corrected chi connectivity index (χ1v) is 11.9. The Kier molecular flexibility index (Phi) is 8.68. The highest BCUT2D eigenvalue weighted by molar-refractivity contribution is 5.93. The molecular weight excluding hydrogens is 422 g/mol. The largest absolute Gasteiger partial charge is 0.350 e. The number of nitrogens with zero attached hydrogens (tertiary/aromatic N) is 3. The number of nitrogens with one attached hydrogen (secondary N) is 2. The second kappa shape index (κ2) is 11.9. The van der Waals surface area contributed by atoms with Gasteiger partial charge < -0.3 is 19.8 Å². The van der Waals surface area contributed by atoms with Crippen LogP contribution in [0.3, 0.4) is 0 Å². The van der Waals surface area contributed by atoms with Crippen molar-refractivity contribution in [3.63, 3.8) is 0 Å². The zero-order valence-corrected chi connectivity index (χ0v) is 20.5. The Balaban J connectivity index is 0.000000603. The van der Waals surface area contributed by atoms with Gasteiger partial charge in [-0.25, -0.2) is 9.78 Å². The molecule has 0 atom stereocenters. The molecule has 0 saturated heterocycles. The topological polar surface area (TPSA) is 63.9 Å². The van der Waals surface area contributed by atoms with E-state index in [0.717, 1.165) is 40.7 Å². The number of urea groups is 1. The fraction of sp³-hybridized carbons (Fsp3) is 0.286. The van der Waals surface area contributed by atoms with Crippen LogP contribution in [0, 0.1) is 0 Å². The van der Waals surface area contributed by atoms with Crippen molar-refractivity contribution in [3.05, 3.63) is 86.0 Å². The number of anilines is 1. The van der Waals surface area contributed by atoms with Crippen LogP contribution in [0.1, 0.15) is 39.7 Å². The summed E-state index contributed by atoms with van der Waals surface area (Å²) in [7, 11) is 2.00. The molecule has 5 rings (SSSR count). The summed E-state index contributed by atoms with van der Waals surface area (Å²) < 4.78 is 4.26. The van der Waals surface area contributed by atoms with Gasteiger partial charge in [0.05, 0.1) is 18.2 Å². The molecule has 0 spiro atoms. The van der Waals surface area contributed by atoms with E-state index in [0.29, 0.717) is 6.04 Å². The first kappa shape index (κ1) is 24.8. The number of hydrogen-bond acceptors (Lipinski definition) is 2. The fourth-order valence-corrected chi connectivity index (χ4v) is 4.05. The van der Waals surface area contributed by atoms with E-state index in [1.807, 2.05) is 87.5 Å². The summed E-state index contributed by atoms with van der Waals surface area (Å²) in [6.45, 7) is 9.25. The van der Waals surface area contributed by atoms with E-state index >= 15 is 0 Å². The van der Waals surface area contributed by atoms with Crippen molar-refractivity contribution in [1.29, 1.82) is 0 Å². The monoisotopic (exact) mass is 457 g/mol. The lowest BCUT2D eigenvalue weighted by molar-refractivity contribution is 0.213. The summed E-state index contributed by atoms with van der Waals surface area (Å²) in [5.41, 5.74) is 4.18. The minimum absolute atomic E-state index is 0.157. The zero-order valence-electron chi connectivity index (χ0n) is 20.5. The number of imidazole rings is 1. The van der Waals surface area contributed by atoms with Crippen LogP contribution in [0.4, 0.5) is 10.5 Å². The van der Waals surface area contributed by atoms with Crippen LogP contribution in [0.25, 0.3) is 22.2 Å². The van der Waals surface area contributed by atoms with Crippen molar-refractivity contribution < 1.29 is 4.79 Å². The van der Waals surface area contributed by atoms with Gasteiger partial charge in [-0.05, 0) is 48.9 Å². The third-order valence-electron chi connectivity index (χ3n) is 5.72. The number of aromatic nitrogens is 3. The second-order valence-corrected chi connectivity index (χ2v) is 8.08. The van der Waals surface area contributed by atoms with Crippen molar-refractivity contribution in [2.75, 3.05) is 5.32 Å². The lowest BCUT2D eigenvalue weighted by Crippen LogP contribution is -2.46. The van der Waals surface area contributed by atoms with Gasteiger partial charge in [0.25, 0.3) is 0 Å². The van der Waals surface area contributed by atoms with Crippen LogP contribution in [0.15, 0.2) is 86.0 Å². The molecule has 2 aromatic carbocycles. The predicted octanol–water partition coefficient (Wildman–Crippen LogP) is 6.79. The van der Waals surface area contributed by atoms with Crippen LogP contribution in [0.2, 0.25) is 0 Å². The van der Waals surface area contributed by atoms with Crippen molar-refractivity contribution in [1.82, 2.24) is 19.4 Å². The van der Waals surface area contributed by atoms with E-state index in [1.165, 1.54) is 0 Å². The average Bonchev–Trinajstić information content (AvgIpc) is 3.45. The number of aryl methyl sites for hydroxylation is 1. The first-order valence-electron chi connectivity index (χ1n) is 11.9. The number of allylic oxidation sites excluding steroid dienone is 1. The Morgan fingerprint density at radius 1 is 1.12 bits per heavy atom. The van der Waals surface area contributed by atoms with Crippen LogP contribution < -0.4 is 10.6 Å². The van der Waals surface area contributed by atoms with Gasteiger partial charge in [-0.15, -0.1) is 6.58 Å². The Labute approximate surface area is 202 Å². The summed E-state index contributed by atoms with van der Waals surface area (Å²) in [4.78, 5) is 16.7. The lowest BCUT2D eigenvalue weighted by atomic mass is 9.86. The third kappa shape index (κ3) is 5.76. The zero-order chi connectivity index (χ0) is 24.5. The normalized spacial score (nSPS) is 16.2. The van der Waals surface area contributed by atoms with Crippen LogP contribution >= 0.6 is 0 Å². The molecule has 2 aromatic heterocycles. The number of rotatable bonds is 4. The molecule has 2 amide bonds. The summed E-state index contributed by atoms with van der Waals surface area (Å²) >= 11 is 0. The number of carbonyl (C=O) groups is 1. The number of benzene rings is 2. The minimum Gasteiger partial charge on any atom is -0.350 e. The average molecular weight is 458 g/mol. The maximum absolute atomic E-state index is 12.4. The molecule has 6 nitrogen and oxygen atoms in total. The predicted molar refractivity (Wildman–Crippen MR) is 142 cm³/mol. The molecular formula is C28H35N5O. The standard InChI is InChI=1S/C23H23N5O.C3H6.C2H6/c1-27-10-9-17-7-8-18(13-21(17)27)25-23(29)26-19-11-20(12-19)28-15-24-14-22(28)16-5-3-2-4-6-16;1-3-2;1-2/h2-10,13-15,19-20H,11-12H2,1H3,(H2,25,26,29);3H,1H2,2H3;1-2H3. The van der Waals surface area contributed by atoms with Gasteiger partial charge in [0.1, 0.15) is 0 Å². The third-order valence-corrected chi connectivity index (χ3v) is 5.72. The summed E-state index contributed by atoms with van der Waals surface area (Å²) in [6.07, 6.45) is 9.37. The van der Waals surface area contributed by atoms with E-state index in [2.05, 4.69) is 45.0 Å². The molecule has 178 valence electrons. The molecule has 2 heterocycles. The van der Waals surface area contributed by atoms with Gasteiger partial charge in [-0.1, -0.05) is 56.3 Å². The smallest absolute Gasteiger partial charge is 0.319 e. The van der Waals surface area contributed by atoms with Gasteiger partial charge in [0.15, 0.2) is 0 Å². The van der Waals surface area contributed by atoms with E-state index in [-0.39, 0.29) is 12.1 Å². The maximum atomic E-state index is 12.4. The SMILES string of the molecule is C=CC.CC.Cn1ccc2ccc(NC(=O)NC3CC(n4cncc4-c4ccccc4)C3)cc21. The summed E-state index contributed by atoms with van der Waals surface area (Å²) in [6, 6.07) is 18.7. The Morgan fingerprint density at radius 2 is 1.82 bits per heavy atom. The Bertz CT molecular complexity index is 1200.